The quantitative estimate of drug-likeness (QED) is 0.670. The van der Waals surface area contributed by atoms with Crippen molar-refractivity contribution in [2.24, 2.45) is 0 Å². The Balaban J connectivity index is 2.90. The molecule has 0 heterocycles. The van der Waals surface area contributed by atoms with Crippen molar-refractivity contribution in [2.75, 3.05) is 6.61 Å². The van der Waals surface area contributed by atoms with Gasteiger partial charge in [0.25, 0.3) is 0 Å². The number of rotatable bonds is 2. The van der Waals surface area contributed by atoms with Crippen LogP contribution in [0, 0.1) is 0 Å². The molecule has 0 aliphatic carbocycles. The van der Waals surface area contributed by atoms with Crippen molar-refractivity contribution >= 4 is 42.4 Å². The van der Waals surface area contributed by atoms with Crippen molar-refractivity contribution in [1.82, 2.24) is 0 Å². The molecule has 0 fully saturated rings. The summed E-state index contributed by atoms with van der Waals surface area (Å²) < 4.78 is 2.40. The molecule has 0 unspecified atom stereocenters. The van der Waals surface area contributed by atoms with Gasteiger partial charge in [-0.3, -0.25) is 0 Å². The molecular weight excluding hydrogens is 262 g/mol. The van der Waals surface area contributed by atoms with Gasteiger partial charge in [-0.2, -0.15) is 0 Å². The van der Waals surface area contributed by atoms with Gasteiger partial charge >= 0.3 is 84.3 Å². The topological polar surface area (TPSA) is 20.2 Å². The molecule has 1 nitrogen and oxygen atoms in total. The molecule has 0 saturated carbocycles. The number of aliphatic hydroxyl groups is 1. The van der Waals surface area contributed by atoms with E-state index in [0.717, 1.165) is 6.42 Å². The van der Waals surface area contributed by atoms with Gasteiger partial charge in [-0.25, -0.2) is 0 Å². The van der Waals surface area contributed by atoms with Gasteiger partial charge in [-0.15, -0.1) is 0 Å². The normalized spacial score (nSPS) is 10.1. The summed E-state index contributed by atoms with van der Waals surface area (Å²) in [5.74, 6) is 0. The van der Waals surface area contributed by atoms with Crippen LogP contribution in [0.5, 0.6) is 0 Å². The predicted molar refractivity (Wildman–Crippen MR) is 48.0 cm³/mol. The maximum absolute atomic E-state index is 8.70. The fourth-order valence-corrected chi connectivity index (χ4v) is 2.47. The second-order valence-corrected chi connectivity index (χ2v) is 4.38. The van der Waals surface area contributed by atoms with Crippen molar-refractivity contribution < 1.29 is 5.11 Å². The molecule has 1 rings (SSSR count). The summed E-state index contributed by atoms with van der Waals surface area (Å²) in [5, 5.41) is 8.70. The fourth-order valence-electron chi connectivity index (χ4n) is 0.884. The molecule has 0 amide bonds. The maximum atomic E-state index is 8.70. The van der Waals surface area contributed by atoms with Crippen LogP contribution in [0.25, 0.3) is 0 Å². The van der Waals surface area contributed by atoms with E-state index in [9.17, 15) is 0 Å². The Morgan fingerprint density at radius 1 is 1.27 bits per heavy atom. The first-order valence-corrected chi connectivity index (χ1v) is 5.23. The molecule has 1 aromatic carbocycles. The Labute approximate surface area is 84.2 Å². The summed E-state index contributed by atoms with van der Waals surface area (Å²) in [7, 11) is 0. The van der Waals surface area contributed by atoms with Gasteiger partial charge in [0.1, 0.15) is 0 Å². The van der Waals surface area contributed by atoms with Gasteiger partial charge in [0.05, 0.1) is 0 Å². The van der Waals surface area contributed by atoms with E-state index in [1.54, 1.807) is 0 Å². The zero-order valence-electron chi connectivity index (χ0n) is 5.99. The minimum atomic E-state index is 0.225. The van der Waals surface area contributed by atoms with Crippen LogP contribution < -0.4 is 8.70 Å². The van der Waals surface area contributed by atoms with Crippen molar-refractivity contribution in [3.8, 4) is 0 Å². The Morgan fingerprint density at radius 3 is 2.55 bits per heavy atom. The number of hydrogen-bond donors (Lipinski definition) is 1. The molecule has 11 heavy (non-hydrogen) atoms. The molecular formula is C8H8As2O. The van der Waals surface area contributed by atoms with Gasteiger partial charge in [0.2, 0.25) is 0 Å². The fraction of sp³-hybridized carbons (Fsp3) is 0.250. The van der Waals surface area contributed by atoms with E-state index < -0.39 is 0 Å². The molecule has 3 heteroatoms. The first-order chi connectivity index (χ1) is 5.24. The molecule has 0 aliphatic heterocycles. The van der Waals surface area contributed by atoms with Crippen molar-refractivity contribution in [1.29, 1.82) is 0 Å². The molecule has 0 aliphatic rings. The van der Waals surface area contributed by atoms with E-state index in [0.29, 0.717) is 0 Å². The zero-order valence-corrected chi connectivity index (χ0v) is 9.74. The summed E-state index contributed by atoms with van der Waals surface area (Å²) in [4.78, 5) is 0. The zero-order chi connectivity index (χ0) is 8.27. The van der Waals surface area contributed by atoms with Crippen LogP contribution in [0.2, 0.25) is 0 Å². The van der Waals surface area contributed by atoms with Crippen LogP contribution in [-0.4, -0.2) is 45.4 Å². The van der Waals surface area contributed by atoms with Gasteiger partial charge in [0.15, 0.2) is 0 Å². The predicted octanol–water partition coefficient (Wildman–Crippen LogP) is -1.19. The molecule has 0 spiro atoms. The van der Waals surface area contributed by atoms with E-state index in [2.05, 4.69) is 45.8 Å². The van der Waals surface area contributed by atoms with Crippen molar-refractivity contribution in [2.45, 2.75) is 6.42 Å². The van der Waals surface area contributed by atoms with Crippen LogP contribution in [0.3, 0.4) is 0 Å². The van der Waals surface area contributed by atoms with E-state index in [1.165, 1.54) is 14.3 Å². The molecule has 56 valence electrons. The summed E-state index contributed by atoms with van der Waals surface area (Å²) in [6.45, 7) is 0.225. The Bertz CT molecular complexity index is 248. The third-order valence-corrected chi connectivity index (χ3v) is 2.91. The molecule has 1 aromatic rings. The number of aliphatic hydroxyl groups excluding tert-OH is 1. The van der Waals surface area contributed by atoms with Gasteiger partial charge in [-0.1, -0.05) is 0 Å². The average Bonchev–Trinajstić information content (AvgIpc) is 1.95. The Morgan fingerprint density at radius 2 is 2.00 bits per heavy atom. The third kappa shape index (κ3) is 2.67. The third-order valence-electron chi connectivity index (χ3n) is 1.45. The van der Waals surface area contributed by atoms with Crippen molar-refractivity contribution in [3.05, 3.63) is 23.8 Å². The van der Waals surface area contributed by atoms with Gasteiger partial charge in [0, 0.05) is 0 Å². The summed E-state index contributed by atoms with van der Waals surface area (Å²) in [6.07, 6.45) is 0.747. The van der Waals surface area contributed by atoms with Gasteiger partial charge in [-0.05, 0) is 0 Å². The number of benzene rings is 1. The van der Waals surface area contributed by atoms with E-state index in [4.69, 9.17) is 5.11 Å². The van der Waals surface area contributed by atoms with Crippen molar-refractivity contribution in [3.63, 3.8) is 0 Å². The monoisotopic (exact) mass is 270 g/mol. The average molecular weight is 270 g/mol. The second kappa shape index (κ2) is 4.35. The molecule has 1 N–H and O–H groups in total. The van der Waals surface area contributed by atoms with E-state index in [1.807, 2.05) is 6.07 Å². The Hall–Kier alpha value is 0.297. The first-order valence-electron chi connectivity index (χ1n) is 3.36. The molecule has 0 atom stereocenters. The van der Waals surface area contributed by atoms with Crippen LogP contribution in [0.4, 0.5) is 0 Å². The summed E-state index contributed by atoms with van der Waals surface area (Å²) in [5.41, 5.74) is 1.21. The molecule has 0 bridgehead atoms. The second-order valence-electron chi connectivity index (χ2n) is 2.29. The standard InChI is InChI=1S/C8H8As2O/c9-7-2-1-6(3-4-11)8(10)5-7/h1-2,5,11H,3-4H2. The Kier molecular flexibility index (Phi) is 3.71. The molecule has 4 radical (unpaired) electrons. The first kappa shape index (κ1) is 9.39. The van der Waals surface area contributed by atoms with Crippen LogP contribution in [0.15, 0.2) is 18.2 Å². The molecule has 0 saturated heterocycles. The van der Waals surface area contributed by atoms with Gasteiger partial charge < -0.3 is 0 Å². The minimum absolute atomic E-state index is 0.225. The van der Waals surface area contributed by atoms with E-state index >= 15 is 0 Å². The van der Waals surface area contributed by atoms with Crippen LogP contribution in [-0.2, 0) is 6.42 Å². The molecule has 0 aromatic heterocycles. The van der Waals surface area contributed by atoms with Crippen LogP contribution >= 0.6 is 0 Å². The summed E-state index contributed by atoms with van der Waals surface area (Å²) >= 11 is 5.03. The SMILES string of the molecule is OCCc1ccc([As])cc1[As]. The van der Waals surface area contributed by atoms with E-state index in [-0.39, 0.29) is 6.61 Å². The van der Waals surface area contributed by atoms with Crippen LogP contribution in [0.1, 0.15) is 5.56 Å². The summed E-state index contributed by atoms with van der Waals surface area (Å²) in [6, 6.07) is 6.18. The number of hydrogen-bond acceptors (Lipinski definition) is 1.